The molecule has 1 aliphatic rings. The van der Waals surface area contributed by atoms with Crippen molar-refractivity contribution in [1.82, 2.24) is 0 Å². The summed E-state index contributed by atoms with van der Waals surface area (Å²) in [5.41, 5.74) is 4.35. The van der Waals surface area contributed by atoms with Crippen LogP contribution in [0.4, 0.5) is 0 Å². The van der Waals surface area contributed by atoms with E-state index in [9.17, 15) is 9.59 Å². The summed E-state index contributed by atoms with van der Waals surface area (Å²) < 4.78 is 22.6. The molecular formula is C26H28O7. The Morgan fingerprint density at radius 1 is 1.21 bits per heavy atom. The topological polar surface area (TPSA) is 91.3 Å². The predicted molar refractivity (Wildman–Crippen MR) is 122 cm³/mol. The molecule has 0 saturated carbocycles. The van der Waals surface area contributed by atoms with Gasteiger partial charge in [-0.2, -0.15) is 0 Å². The van der Waals surface area contributed by atoms with Gasteiger partial charge in [-0.05, 0) is 44.4 Å². The Bertz CT molecular complexity index is 1080. The number of carbonyl (C=O) groups is 2. The second-order valence-electron chi connectivity index (χ2n) is 7.79. The number of ether oxygens (including phenoxy) is 4. The molecule has 7 nitrogen and oxygen atoms in total. The third-order valence-electron chi connectivity index (χ3n) is 5.47. The van der Waals surface area contributed by atoms with E-state index in [1.807, 2.05) is 50.3 Å². The van der Waals surface area contributed by atoms with Crippen molar-refractivity contribution in [2.75, 3.05) is 7.11 Å². The quantitative estimate of drug-likeness (QED) is 0.288. The van der Waals surface area contributed by atoms with Crippen molar-refractivity contribution in [2.45, 2.75) is 46.3 Å². The van der Waals surface area contributed by atoms with Crippen LogP contribution in [0.5, 0.6) is 11.5 Å². The van der Waals surface area contributed by atoms with Crippen LogP contribution in [0.25, 0.3) is 0 Å². The highest BCUT2D eigenvalue weighted by Crippen LogP contribution is 2.43. The van der Waals surface area contributed by atoms with Crippen LogP contribution in [-0.2, 0) is 33.9 Å². The van der Waals surface area contributed by atoms with Crippen molar-refractivity contribution in [1.29, 1.82) is 0 Å². The van der Waals surface area contributed by atoms with Gasteiger partial charge in [0, 0.05) is 17.5 Å². The van der Waals surface area contributed by atoms with Gasteiger partial charge in [-0.1, -0.05) is 42.0 Å². The minimum atomic E-state index is -0.854. The van der Waals surface area contributed by atoms with E-state index >= 15 is 0 Å². The average molecular weight is 453 g/mol. The molecule has 7 heteroatoms. The molecule has 0 fully saturated rings. The number of benzene rings is 2. The number of carboxylic acid groups (broad SMARTS) is 1. The minimum Gasteiger partial charge on any atom is -0.496 e. The highest BCUT2D eigenvalue weighted by atomic mass is 16.7. The lowest BCUT2D eigenvalue weighted by Crippen LogP contribution is -2.10. The van der Waals surface area contributed by atoms with Crippen molar-refractivity contribution in [3.05, 3.63) is 82.3 Å². The van der Waals surface area contributed by atoms with Gasteiger partial charge in [0.1, 0.15) is 24.5 Å². The molecule has 0 bridgehead atoms. The Labute approximate surface area is 193 Å². The average Bonchev–Trinajstić information content (AvgIpc) is 3.19. The SMILES string of the molecule is C=C(OCc1ccccc1)Oc1c(C/C=C(\C)CCC(=O)O)c(OC)c(C)c2c1C(=O)OC2. The summed E-state index contributed by atoms with van der Waals surface area (Å²) in [5.74, 6) is -0.420. The van der Waals surface area contributed by atoms with Gasteiger partial charge in [-0.15, -0.1) is 0 Å². The summed E-state index contributed by atoms with van der Waals surface area (Å²) in [6.45, 7) is 8.00. The van der Waals surface area contributed by atoms with Gasteiger partial charge >= 0.3 is 11.9 Å². The van der Waals surface area contributed by atoms with Gasteiger partial charge in [0.25, 0.3) is 5.95 Å². The van der Waals surface area contributed by atoms with Gasteiger partial charge in [0.15, 0.2) is 5.75 Å². The number of carboxylic acids is 1. The molecule has 2 aromatic rings. The molecule has 0 amide bonds. The van der Waals surface area contributed by atoms with E-state index in [4.69, 9.17) is 24.1 Å². The molecule has 0 radical (unpaired) electrons. The molecular weight excluding hydrogens is 424 g/mol. The fourth-order valence-corrected chi connectivity index (χ4v) is 3.69. The van der Waals surface area contributed by atoms with Gasteiger partial charge in [-0.25, -0.2) is 4.79 Å². The molecule has 2 aromatic carbocycles. The molecule has 174 valence electrons. The molecule has 0 aliphatic carbocycles. The lowest BCUT2D eigenvalue weighted by Gasteiger charge is -2.20. The number of hydrogen-bond donors (Lipinski definition) is 1. The lowest BCUT2D eigenvalue weighted by atomic mass is 9.94. The Kier molecular flexibility index (Phi) is 7.77. The second-order valence-corrected chi connectivity index (χ2v) is 7.79. The summed E-state index contributed by atoms with van der Waals surface area (Å²) in [4.78, 5) is 23.5. The normalized spacial score (nSPS) is 12.7. The number of esters is 1. The first-order valence-electron chi connectivity index (χ1n) is 10.6. The largest absolute Gasteiger partial charge is 0.496 e. The van der Waals surface area contributed by atoms with Crippen LogP contribution in [0.3, 0.4) is 0 Å². The zero-order valence-electron chi connectivity index (χ0n) is 19.1. The standard InChI is InChI=1S/C26H28O7/c1-16(11-13-22(27)28)10-12-20-24(30-4)17(2)21-15-32-26(29)23(21)25(20)33-18(3)31-14-19-8-6-5-7-9-19/h5-10H,3,11-15H2,1-2,4H3,(H,27,28)/b16-10+. The van der Waals surface area contributed by atoms with Crippen LogP contribution < -0.4 is 9.47 Å². The van der Waals surface area contributed by atoms with Crippen molar-refractivity contribution in [3.8, 4) is 11.5 Å². The summed E-state index contributed by atoms with van der Waals surface area (Å²) in [6.07, 6.45) is 2.75. The first kappa shape index (κ1) is 23.9. The van der Waals surface area contributed by atoms with E-state index in [0.29, 0.717) is 35.3 Å². The zero-order valence-corrected chi connectivity index (χ0v) is 19.1. The zero-order chi connectivity index (χ0) is 24.0. The van der Waals surface area contributed by atoms with E-state index in [-0.39, 0.29) is 31.3 Å². The maximum Gasteiger partial charge on any atom is 0.342 e. The number of fused-ring (bicyclic) bond motifs is 1. The lowest BCUT2D eigenvalue weighted by molar-refractivity contribution is -0.136. The molecule has 0 aromatic heterocycles. The molecule has 3 rings (SSSR count). The van der Waals surface area contributed by atoms with Gasteiger partial charge in [0.2, 0.25) is 0 Å². The molecule has 0 atom stereocenters. The van der Waals surface area contributed by atoms with Crippen LogP contribution in [0.1, 0.15) is 52.4 Å². The third kappa shape index (κ3) is 5.74. The molecule has 33 heavy (non-hydrogen) atoms. The number of carbonyl (C=O) groups excluding carboxylic acids is 1. The molecule has 0 spiro atoms. The summed E-state index contributed by atoms with van der Waals surface area (Å²) in [7, 11) is 1.56. The third-order valence-corrected chi connectivity index (χ3v) is 5.47. The van der Waals surface area contributed by atoms with Crippen LogP contribution in [0.2, 0.25) is 0 Å². The fraction of sp³-hybridized carbons (Fsp3) is 0.308. The van der Waals surface area contributed by atoms with E-state index in [0.717, 1.165) is 16.7 Å². The van der Waals surface area contributed by atoms with Gasteiger partial charge < -0.3 is 24.1 Å². The molecule has 1 heterocycles. The molecule has 1 N–H and O–H groups in total. The first-order chi connectivity index (χ1) is 15.8. The Morgan fingerprint density at radius 2 is 1.94 bits per heavy atom. The Hall–Kier alpha value is -3.74. The number of cyclic esters (lactones) is 1. The van der Waals surface area contributed by atoms with E-state index in [2.05, 4.69) is 6.58 Å². The maximum atomic E-state index is 12.6. The smallest absolute Gasteiger partial charge is 0.342 e. The number of methoxy groups -OCH3 is 1. The van der Waals surface area contributed by atoms with Crippen molar-refractivity contribution in [3.63, 3.8) is 0 Å². The highest BCUT2D eigenvalue weighted by Gasteiger charge is 2.33. The Morgan fingerprint density at radius 3 is 2.61 bits per heavy atom. The maximum absolute atomic E-state index is 12.6. The Balaban J connectivity index is 1.93. The fourth-order valence-electron chi connectivity index (χ4n) is 3.69. The van der Waals surface area contributed by atoms with Gasteiger partial charge in [0.05, 0.1) is 7.11 Å². The highest BCUT2D eigenvalue weighted by molar-refractivity contribution is 5.98. The van der Waals surface area contributed by atoms with Crippen molar-refractivity contribution >= 4 is 11.9 Å². The minimum absolute atomic E-state index is 0.0412. The number of rotatable bonds is 11. The van der Waals surface area contributed by atoms with Crippen LogP contribution in [0.15, 0.2) is 54.5 Å². The van der Waals surface area contributed by atoms with Gasteiger partial charge in [-0.3, -0.25) is 4.79 Å². The molecule has 0 unspecified atom stereocenters. The van der Waals surface area contributed by atoms with Crippen LogP contribution >= 0.6 is 0 Å². The first-order valence-corrected chi connectivity index (χ1v) is 10.6. The monoisotopic (exact) mass is 452 g/mol. The molecule has 1 aliphatic heterocycles. The molecule has 0 saturated heterocycles. The van der Waals surface area contributed by atoms with E-state index in [1.54, 1.807) is 7.11 Å². The van der Waals surface area contributed by atoms with Crippen LogP contribution in [-0.4, -0.2) is 24.2 Å². The second kappa shape index (κ2) is 10.7. The van der Waals surface area contributed by atoms with Crippen molar-refractivity contribution < 1.29 is 33.6 Å². The predicted octanol–water partition coefficient (Wildman–Crippen LogP) is 5.09. The van der Waals surface area contributed by atoms with Crippen LogP contribution in [0, 0.1) is 6.92 Å². The van der Waals surface area contributed by atoms with E-state index in [1.165, 1.54) is 0 Å². The summed E-state index contributed by atoms with van der Waals surface area (Å²) in [6, 6.07) is 9.58. The number of allylic oxidation sites excluding steroid dienone is 2. The van der Waals surface area contributed by atoms with E-state index < -0.39 is 11.9 Å². The summed E-state index contributed by atoms with van der Waals surface area (Å²) in [5, 5.41) is 8.94. The summed E-state index contributed by atoms with van der Waals surface area (Å²) >= 11 is 0. The van der Waals surface area contributed by atoms with Crippen molar-refractivity contribution in [2.24, 2.45) is 0 Å². The number of aliphatic carboxylic acids is 1. The number of hydrogen-bond acceptors (Lipinski definition) is 6.